The fraction of sp³-hybridized carbons (Fsp3) is 0.438. The SMILES string of the molecule is CN(CC(=O)Nc1ccc(Cl)c(Cl)c1)C(=O)[C@@H]1CC[C@H](C(=O)O)C1. The summed E-state index contributed by atoms with van der Waals surface area (Å²) < 4.78 is 0. The van der Waals surface area contributed by atoms with Crippen LogP contribution in [0.15, 0.2) is 18.2 Å². The molecule has 8 heteroatoms. The average Bonchev–Trinajstić information content (AvgIpc) is 3.00. The van der Waals surface area contributed by atoms with Gasteiger partial charge in [0.2, 0.25) is 11.8 Å². The van der Waals surface area contributed by atoms with E-state index in [0.29, 0.717) is 35.0 Å². The number of rotatable bonds is 5. The molecule has 2 rings (SSSR count). The van der Waals surface area contributed by atoms with Crippen LogP contribution in [0.2, 0.25) is 10.0 Å². The number of carbonyl (C=O) groups is 3. The number of nitrogens with one attached hydrogen (secondary N) is 1. The van der Waals surface area contributed by atoms with E-state index >= 15 is 0 Å². The molecule has 6 nitrogen and oxygen atoms in total. The first-order valence-electron chi connectivity index (χ1n) is 7.50. The normalized spacial score (nSPS) is 19.8. The second-order valence-corrected chi connectivity index (χ2v) is 6.73. The molecule has 24 heavy (non-hydrogen) atoms. The number of halogens is 2. The van der Waals surface area contributed by atoms with Gasteiger partial charge in [0, 0.05) is 18.7 Å². The highest BCUT2D eigenvalue weighted by Gasteiger charge is 2.35. The molecule has 2 amide bonds. The fourth-order valence-corrected chi connectivity index (χ4v) is 3.11. The predicted molar refractivity (Wildman–Crippen MR) is 91.2 cm³/mol. The molecule has 1 aromatic carbocycles. The zero-order chi connectivity index (χ0) is 17.9. The molecule has 0 heterocycles. The van der Waals surface area contributed by atoms with Crippen molar-refractivity contribution in [1.29, 1.82) is 0 Å². The van der Waals surface area contributed by atoms with Gasteiger partial charge in [0.25, 0.3) is 0 Å². The van der Waals surface area contributed by atoms with Gasteiger partial charge in [-0.3, -0.25) is 14.4 Å². The molecular formula is C16H18Cl2N2O4. The van der Waals surface area contributed by atoms with Crippen molar-refractivity contribution in [3.05, 3.63) is 28.2 Å². The molecule has 0 bridgehead atoms. The Balaban J connectivity index is 1.88. The van der Waals surface area contributed by atoms with Crippen molar-refractivity contribution in [1.82, 2.24) is 4.90 Å². The predicted octanol–water partition coefficient (Wildman–Crippen LogP) is 2.89. The summed E-state index contributed by atoms with van der Waals surface area (Å²) in [7, 11) is 1.53. The van der Waals surface area contributed by atoms with Gasteiger partial charge in [-0.2, -0.15) is 0 Å². The third-order valence-electron chi connectivity index (χ3n) is 4.09. The monoisotopic (exact) mass is 372 g/mol. The van der Waals surface area contributed by atoms with Crippen LogP contribution < -0.4 is 5.32 Å². The van der Waals surface area contributed by atoms with Crippen molar-refractivity contribution in [2.24, 2.45) is 11.8 Å². The van der Waals surface area contributed by atoms with Crippen LogP contribution >= 0.6 is 23.2 Å². The summed E-state index contributed by atoms with van der Waals surface area (Å²) in [6.45, 7) is -0.118. The van der Waals surface area contributed by atoms with Gasteiger partial charge in [0.05, 0.1) is 22.5 Å². The molecule has 1 aliphatic carbocycles. The van der Waals surface area contributed by atoms with E-state index in [4.69, 9.17) is 28.3 Å². The maximum atomic E-state index is 12.3. The van der Waals surface area contributed by atoms with Gasteiger partial charge in [0.1, 0.15) is 0 Å². The summed E-state index contributed by atoms with van der Waals surface area (Å²) in [5.74, 6) is -2.25. The summed E-state index contributed by atoms with van der Waals surface area (Å²) in [5.41, 5.74) is 0.488. The lowest BCUT2D eigenvalue weighted by atomic mass is 10.0. The number of amides is 2. The van der Waals surface area contributed by atoms with Crippen LogP contribution in [-0.4, -0.2) is 41.4 Å². The lowest BCUT2D eigenvalue weighted by Crippen LogP contribution is -2.38. The van der Waals surface area contributed by atoms with Crippen LogP contribution in [0.25, 0.3) is 0 Å². The third kappa shape index (κ3) is 4.61. The molecule has 0 aromatic heterocycles. The molecule has 1 saturated carbocycles. The first-order valence-corrected chi connectivity index (χ1v) is 8.26. The van der Waals surface area contributed by atoms with Crippen molar-refractivity contribution in [3.8, 4) is 0 Å². The van der Waals surface area contributed by atoms with Gasteiger partial charge in [0.15, 0.2) is 0 Å². The van der Waals surface area contributed by atoms with Crippen LogP contribution in [0.1, 0.15) is 19.3 Å². The number of benzene rings is 1. The Morgan fingerprint density at radius 2 is 1.88 bits per heavy atom. The van der Waals surface area contributed by atoms with E-state index < -0.39 is 11.9 Å². The Morgan fingerprint density at radius 1 is 1.21 bits per heavy atom. The summed E-state index contributed by atoms with van der Waals surface area (Å²) in [6.07, 6.45) is 1.36. The topological polar surface area (TPSA) is 86.7 Å². The largest absolute Gasteiger partial charge is 0.481 e. The van der Waals surface area contributed by atoms with Crippen molar-refractivity contribution in [2.75, 3.05) is 18.9 Å². The highest BCUT2D eigenvalue weighted by molar-refractivity contribution is 6.42. The summed E-state index contributed by atoms with van der Waals surface area (Å²) in [6, 6.07) is 4.71. The number of hydrogen-bond donors (Lipinski definition) is 2. The summed E-state index contributed by atoms with van der Waals surface area (Å²) in [4.78, 5) is 36.6. The quantitative estimate of drug-likeness (QED) is 0.831. The number of hydrogen-bond acceptors (Lipinski definition) is 3. The highest BCUT2D eigenvalue weighted by Crippen LogP contribution is 2.32. The highest BCUT2D eigenvalue weighted by atomic mass is 35.5. The number of carboxylic acid groups (broad SMARTS) is 1. The molecule has 1 aromatic rings. The molecule has 130 valence electrons. The van der Waals surface area contributed by atoms with E-state index in [-0.39, 0.29) is 24.3 Å². The Bertz CT molecular complexity index is 665. The number of likely N-dealkylation sites (N-methyl/N-ethyl adjacent to an activating group) is 1. The van der Waals surface area contributed by atoms with E-state index in [9.17, 15) is 14.4 Å². The average molecular weight is 373 g/mol. The first kappa shape index (κ1) is 18.5. The van der Waals surface area contributed by atoms with E-state index in [1.54, 1.807) is 12.1 Å². The van der Waals surface area contributed by atoms with E-state index in [1.165, 1.54) is 18.0 Å². The molecule has 0 spiro atoms. The van der Waals surface area contributed by atoms with E-state index in [0.717, 1.165) is 0 Å². The molecule has 0 aliphatic heterocycles. The molecule has 0 saturated heterocycles. The second kappa shape index (κ2) is 7.85. The number of aliphatic carboxylic acids is 1. The Kier molecular flexibility index (Phi) is 6.07. The lowest BCUT2D eigenvalue weighted by Gasteiger charge is -2.20. The minimum absolute atomic E-state index is 0.118. The van der Waals surface area contributed by atoms with Gasteiger partial charge in [-0.15, -0.1) is 0 Å². The van der Waals surface area contributed by atoms with Crippen LogP contribution in [0.4, 0.5) is 5.69 Å². The lowest BCUT2D eigenvalue weighted by molar-refractivity contribution is -0.142. The Morgan fingerprint density at radius 3 is 2.46 bits per heavy atom. The zero-order valence-corrected chi connectivity index (χ0v) is 14.6. The van der Waals surface area contributed by atoms with Gasteiger partial charge >= 0.3 is 5.97 Å². The van der Waals surface area contributed by atoms with Gasteiger partial charge in [-0.05, 0) is 37.5 Å². The van der Waals surface area contributed by atoms with Crippen molar-refractivity contribution in [2.45, 2.75) is 19.3 Å². The summed E-state index contributed by atoms with van der Waals surface area (Å²) >= 11 is 11.7. The zero-order valence-electron chi connectivity index (χ0n) is 13.1. The minimum atomic E-state index is -0.870. The maximum absolute atomic E-state index is 12.3. The second-order valence-electron chi connectivity index (χ2n) is 5.92. The molecule has 2 N–H and O–H groups in total. The number of carbonyl (C=O) groups excluding carboxylic acids is 2. The Hall–Kier alpha value is -1.79. The smallest absolute Gasteiger partial charge is 0.306 e. The Labute approximate surface area is 149 Å². The molecule has 0 radical (unpaired) electrons. The minimum Gasteiger partial charge on any atom is -0.481 e. The maximum Gasteiger partial charge on any atom is 0.306 e. The molecule has 2 atom stereocenters. The molecule has 0 unspecified atom stereocenters. The van der Waals surface area contributed by atoms with Crippen LogP contribution in [-0.2, 0) is 14.4 Å². The van der Waals surface area contributed by atoms with Crippen molar-refractivity contribution in [3.63, 3.8) is 0 Å². The number of nitrogens with zero attached hydrogens (tertiary/aromatic N) is 1. The molecule has 1 aliphatic rings. The fourth-order valence-electron chi connectivity index (χ4n) is 2.81. The standard InChI is InChI=1S/C16H18Cl2N2O4/c1-20(15(22)9-2-3-10(6-9)16(23)24)8-14(21)19-11-4-5-12(17)13(18)7-11/h4-5,7,9-10H,2-3,6,8H2,1H3,(H,19,21)(H,23,24)/t9-,10+/m1/s1. The molecular weight excluding hydrogens is 355 g/mol. The van der Waals surface area contributed by atoms with Crippen LogP contribution in [0, 0.1) is 11.8 Å². The van der Waals surface area contributed by atoms with Gasteiger partial charge in [-0.25, -0.2) is 0 Å². The van der Waals surface area contributed by atoms with Crippen LogP contribution in [0.3, 0.4) is 0 Å². The molecule has 1 fully saturated rings. The van der Waals surface area contributed by atoms with E-state index in [1.807, 2.05) is 0 Å². The van der Waals surface area contributed by atoms with Gasteiger partial charge < -0.3 is 15.3 Å². The van der Waals surface area contributed by atoms with Gasteiger partial charge in [-0.1, -0.05) is 23.2 Å². The van der Waals surface area contributed by atoms with E-state index in [2.05, 4.69) is 5.32 Å². The van der Waals surface area contributed by atoms with Crippen molar-refractivity contribution >= 4 is 46.7 Å². The number of anilines is 1. The first-order chi connectivity index (χ1) is 11.3. The summed E-state index contributed by atoms with van der Waals surface area (Å²) in [5, 5.41) is 12.3. The number of carboxylic acids is 1. The van der Waals surface area contributed by atoms with Crippen molar-refractivity contribution < 1.29 is 19.5 Å². The third-order valence-corrected chi connectivity index (χ3v) is 4.83. The van der Waals surface area contributed by atoms with Crippen LogP contribution in [0.5, 0.6) is 0 Å².